The Balaban J connectivity index is 2.23. The molecule has 0 bridgehead atoms. The summed E-state index contributed by atoms with van der Waals surface area (Å²) in [4.78, 5) is 0. The summed E-state index contributed by atoms with van der Waals surface area (Å²) in [5.74, 6) is 0. The molecule has 114 valence electrons. The highest BCUT2D eigenvalue weighted by atomic mass is 32.2. The molecule has 0 aliphatic carbocycles. The lowest BCUT2D eigenvalue weighted by molar-refractivity contribution is -0.142. The summed E-state index contributed by atoms with van der Waals surface area (Å²) < 4.78 is 68.9. The second-order valence-electron chi connectivity index (χ2n) is 4.46. The van der Waals surface area contributed by atoms with Crippen molar-refractivity contribution < 1.29 is 26.3 Å². The number of ether oxygens (including phenoxy) is 1. The third-order valence-corrected chi connectivity index (χ3v) is 3.58. The Morgan fingerprint density at radius 1 is 1.45 bits per heavy atom. The van der Waals surface area contributed by atoms with Crippen LogP contribution in [-0.4, -0.2) is 37.6 Å². The molecule has 0 radical (unpaired) electrons. The molecule has 0 unspecified atom stereocenters. The molecule has 0 fully saturated rings. The molecule has 0 saturated heterocycles. The summed E-state index contributed by atoms with van der Waals surface area (Å²) >= 11 is 0. The monoisotopic (exact) mass is 313 g/mol. The van der Waals surface area contributed by atoms with Gasteiger partial charge in [0.1, 0.15) is 0 Å². The van der Waals surface area contributed by atoms with E-state index in [4.69, 9.17) is 4.74 Å². The van der Waals surface area contributed by atoms with Gasteiger partial charge in [-0.25, -0.2) is 13.1 Å². The largest absolute Gasteiger partial charge is 0.435 e. The lowest BCUT2D eigenvalue weighted by atomic mass is 10.1. The lowest BCUT2D eigenvalue weighted by Crippen LogP contribution is -2.27. The number of hydrogen-bond acceptors (Lipinski definition) is 4. The Hall–Kier alpha value is -1.13. The van der Waals surface area contributed by atoms with Gasteiger partial charge in [0.15, 0.2) is 5.69 Å². The zero-order chi connectivity index (χ0) is 15.0. The van der Waals surface area contributed by atoms with Crippen molar-refractivity contribution in [2.45, 2.75) is 25.7 Å². The van der Waals surface area contributed by atoms with Crippen LogP contribution in [0.2, 0.25) is 0 Å². The van der Waals surface area contributed by atoms with Gasteiger partial charge in [-0.3, -0.25) is 4.68 Å². The fourth-order valence-electron chi connectivity index (χ4n) is 2.06. The fourth-order valence-corrected chi connectivity index (χ4v) is 2.52. The van der Waals surface area contributed by atoms with Crippen LogP contribution in [0.5, 0.6) is 0 Å². The van der Waals surface area contributed by atoms with Gasteiger partial charge in [0.25, 0.3) is 0 Å². The minimum atomic E-state index is -4.54. The fraction of sp³-hybridized carbons (Fsp3) is 0.700. The molecule has 1 aromatic rings. The second kappa shape index (κ2) is 5.34. The predicted molar refractivity (Wildman–Crippen MR) is 63.4 cm³/mol. The van der Waals surface area contributed by atoms with Gasteiger partial charge in [-0.05, 0) is 0 Å². The first-order chi connectivity index (χ1) is 9.18. The first-order valence-corrected chi connectivity index (χ1v) is 7.76. The van der Waals surface area contributed by atoms with Crippen LogP contribution in [0.25, 0.3) is 0 Å². The van der Waals surface area contributed by atoms with Crippen molar-refractivity contribution in [1.82, 2.24) is 14.5 Å². The van der Waals surface area contributed by atoms with Crippen molar-refractivity contribution in [1.29, 1.82) is 0 Å². The molecule has 0 saturated carbocycles. The number of nitrogens with one attached hydrogen (secondary N) is 1. The van der Waals surface area contributed by atoms with Crippen LogP contribution in [0.4, 0.5) is 13.2 Å². The highest BCUT2D eigenvalue weighted by Crippen LogP contribution is 2.34. The number of halogens is 3. The van der Waals surface area contributed by atoms with E-state index in [1.165, 1.54) is 4.68 Å². The van der Waals surface area contributed by atoms with Gasteiger partial charge in [0.2, 0.25) is 10.0 Å². The molecule has 0 amide bonds. The standard InChI is InChI=1S/C10H14F3N3O3S/c1-20(17,18)14-3-4-16-8-2-5-19-6-7(8)9(15-16)10(11,12)13/h14H,2-6H2,1H3. The number of aromatic nitrogens is 2. The minimum Gasteiger partial charge on any atom is -0.376 e. The normalized spacial score (nSPS) is 16.2. The molecule has 0 aromatic carbocycles. The van der Waals surface area contributed by atoms with Gasteiger partial charge in [0.05, 0.1) is 26.0 Å². The molecule has 2 rings (SSSR count). The van der Waals surface area contributed by atoms with Crippen molar-refractivity contribution in [2.75, 3.05) is 19.4 Å². The topological polar surface area (TPSA) is 73.2 Å². The van der Waals surface area contributed by atoms with Gasteiger partial charge in [-0.15, -0.1) is 0 Å². The number of nitrogens with zero attached hydrogens (tertiary/aromatic N) is 2. The summed E-state index contributed by atoms with van der Waals surface area (Å²) in [5, 5.41) is 3.56. The molecule has 0 spiro atoms. The first-order valence-electron chi connectivity index (χ1n) is 5.86. The zero-order valence-electron chi connectivity index (χ0n) is 10.7. The molecule has 1 aliphatic rings. The van der Waals surface area contributed by atoms with E-state index in [1.807, 2.05) is 0 Å². The molecule has 1 aromatic heterocycles. The molecule has 2 heterocycles. The van der Waals surface area contributed by atoms with Crippen LogP contribution >= 0.6 is 0 Å². The molecule has 0 atom stereocenters. The third kappa shape index (κ3) is 3.49. The SMILES string of the molecule is CS(=O)(=O)NCCn1nc(C(F)(F)F)c2c1CCOC2. The van der Waals surface area contributed by atoms with Gasteiger partial charge in [0, 0.05) is 24.2 Å². The average Bonchev–Trinajstić information content (AvgIpc) is 2.67. The summed E-state index contributed by atoms with van der Waals surface area (Å²) in [6.07, 6.45) is -3.22. The Bertz CT molecular complexity index is 595. The van der Waals surface area contributed by atoms with Crippen molar-refractivity contribution in [3.63, 3.8) is 0 Å². The number of fused-ring (bicyclic) bond motifs is 1. The Labute approximate surface area is 114 Å². The van der Waals surface area contributed by atoms with Crippen LogP contribution in [0.1, 0.15) is 17.0 Å². The highest BCUT2D eigenvalue weighted by molar-refractivity contribution is 7.88. The molecule has 1 N–H and O–H groups in total. The van der Waals surface area contributed by atoms with E-state index < -0.39 is 21.9 Å². The maximum atomic E-state index is 12.9. The van der Waals surface area contributed by atoms with E-state index in [0.29, 0.717) is 18.7 Å². The third-order valence-electron chi connectivity index (χ3n) is 2.85. The van der Waals surface area contributed by atoms with Crippen LogP contribution in [-0.2, 0) is 40.5 Å². The highest BCUT2D eigenvalue weighted by Gasteiger charge is 2.39. The Morgan fingerprint density at radius 2 is 2.15 bits per heavy atom. The van der Waals surface area contributed by atoms with Crippen molar-refractivity contribution >= 4 is 10.0 Å². The van der Waals surface area contributed by atoms with Crippen LogP contribution in [0, 0.1) is 0 Å². The van der Waals surface area contributed by atoms with Crippen molar-refractivity contribution in [3.05, 3.63) is 17.0 Å². The van der Waals surface area contributed by atoms with Gasteiger partial charge >= 0.3 is 6.18 Å². The van der Waals surface area contributed by atoms with Gasteiger partial charge < -0.3 is 4.74 Å². The van der Waals surface area contributed by atoms with Crippen molar-refractivity contribution in [3.8, 4) is 0 Å². The van der Waals surface area contributed by atoms with E-state index in [9.17, 15) is 21.6 Å². The quantitative estimate of drug-likeness (QED) is 0.880. The summed E-state index contributed by atoms with van der Waals surface area (Å²) in [7, 11) is -3.38. The van der Waals surface area contributed by atoms with E-state index in [2.05, 4.69) is 9.82 Å². The maximum absolute atomic E-state index is 12.9. The molecular weight excluding hydrogens is 299 g/mol. The number of alkyl halides is 3. The van der Waals surface area contributed by atoms with Crippen LogP contribution in [0.3, 0.4) is 0 Å². The van der Waals surface area contributed by atoms with Crippen LogP contribution < -0.4 is 4.72 Å². The smallest absolute Gasteiger partial charge is 0.376 e. The van der Waals surface area contributed by atoms with E-state index >= 15 is 0 Å². The predicted octanol–water partition coefficient (Wildman–Crippen LogP) is 0.524. The van der Waals surface area contributed by atoms with E-state index in [0.717, 1.165) is 6.26 Å². The van der Waals surface area contributed by atoms with Crippen molar-refractivity contribution in [2.24, 2.45) is 0 Å². The molecule has 10 heteroatoms. The van der Waals surface area contributed by atoms with Gasteiger partial charge in [-0.2, -0.15) is 18.3 Å². The molecule has 6 nitrogen and oxygen atoms in total. The maximum Gasteiger partial charge on any atom is 0.435 e. The first kappa shape index (κ1) is 15.3. The van der Waals surface area contributed by atoms with Crippen LogP contribution in [0.15, 0.2) is 0 Å². The zero-order valence-corrected chi connectivity index (χ0v) is 11.5. The molecule has 20 heavy (non-hydrogen) atoms. The second-order valence-corrected chi connectivity index (χ2v) is 6.30. The number of hydrogen-bond donors (Lipinski definition) is 1. The number of rotatable bonds is 4. The summed E-state index contributed by atoms with van der Waals surface area (Å²) in [6.45, 7) is 0.246. The Morgan fingerprint density at radius 3 is 2.75 bits per heavy atom. The van der Waals surface area contributed by atoms with Gasteiger partial charge in [-0.1, -0.05) is 0 Å². The minimum absolute atomic E-state index is 0.00882. The average molecular weight is 313 g/mol. The molecule has 1 aliphatic heterocycles. The number of sulfonamides is 1. The van der Waals surface area contributed by atoms with E-state index in [1.54, 1.807) is 0 Å². The molecular formula is C10H14F3N3O3S. The summed E-state index contributed by atoms with van der Waals surface area (Å²) in [5.41, 5.74) is -0.450. The van der Waals surface area contributed by atoms with E-state index in [-0.39, 0.29) is 25.3 Å². The summed E-state index contributed by atoms with van der Waals surface area (Å²) in [6, 6.07) is 0. The Kier molecular flexibility index (Phi) is 4.07. The lowest BCUT2D eigenvalue weighted by Gasteiger charge is -2.15.